The largest absolute Gasteiger partial charge is 0.466 e. The minimum Gasteiger partial charge on any atom is -0.466 e. The van der Waals surface area contributed by atoms with Crippen LogP contribution in [0.3, 0.4) is 0 Å². The molecule has 0 saturated heterocycles. The Balaban J connectivity index is 1.55. The number of nitrogens with zero attached hydrogens (tertiary/aromatic N) is 2. The van der Waals surface area contributed by atoms with Gasteiger partial charge < -0.3 is 15.0 Å². The first kappa shape index (κ1) is 21.3. The molecule has 1 aliphatic rings. The maximum Gasteiger partial charge on any atom is 0.306 e. The van der Waals surface area contributed by atoms with Gasteiger partial charge in [0.25, 0.3) is 0 Å². The molecule has 0 atom stereocenters. The lowest BCUT2D eigenvalue weighted by atomic mass is 9.95. The molecule has 156 valence electrons. The summed E-state index contributed by atoms with van der Waals surface area (Å²) in [6.45, 7) is 2.08. The second-order valence-corrected chi connectivity index (χ2v) is 8.19. The van der Waals surface area contributed by atoms with Gasteiger partial charge in [0.15, 0.2) is 5.13 Å². The predicted octanol–water partition coefficient (Wildman–Crippen LogP) is 4.86. The number of thiazole rings is 1. The van der Waals surface area contributed by atoms with Gasteiger partial charge in [0.05, 0.1) is 18.7 Å². The summed E-state index contributed by atoms with van der Waals surface area (Å²) in [6.07, 6.45) is 6.66. The topological polar surface area (TPSA) is 71.5 Å². The van der Waals surface area contributed by atoms with Crippen molar-refractivity contribution < 1.29 is 14.3 Å². The van der Waals surface area contributed by atoms with Crippen molar-refractivity contribution in [3.8, 4) is 11.3 Å². The lowest BCUT2D eigenvalue weighted by Gasteiger charge is -2.30. The van der Waals surface area contributed by atoms with Crippen LogP contribution < -0.4 is 10.2 Å². The number of hydrogen-bond acceptors (Lipinski definition) is 6. The highest BCUT2D eigenvalue weighted by atomic mass is 32.1. The zero-order valence-electron chi connectivity index (χ0n) is 17.1. The van der Waals surface area contributed by atoms with E-state index in [-0.39, 0.29) is 24.7 Å². The minimum absolute atomic E-state index is 0.0911. The first-order valence-electron chi connectivity index (χ1n) is 10.3. The fraction of sp³-hybridized carbons (Fsp3) is 0.500. The lowest BCUT2D eigenvalue weighted by Crippen LogP contribution is -2.33. The molecule has 1 N–H and O–H groups in total. The normalized spacial score (nSPS) is 14.4. The molecule has 2 aromatic rings. The Morgan fingerprint density at radius 2 is 1.90 bits per heavy atom. The third-order valence-electron chi connectivity index (χ3n) is 5.24. The van der Waals surface area contributed by atoms with E-state index in [4.69, 9.17) is 9.72 Å². The molecule has 0 unspecified atom stereocenters. The molecule has 6 nitrogen and oxygen atoms in total. The second-order valence-electron chi connectivity index (χ2n) is 7.35. The van der Waals surface area contributed by atoms with E-state index in [1.54, 1.807) is 18.3 Å². The van der Waals surface area contributed by atoms with E-state index in [2.05, 4.69) is 22.6 Å². The van der Waals surface area contributed by atoms with Crippen LogP contribution in [0.2, 0.25) is 0 Å². The summed E-state index contributed by atoms with van der Waals surface area (Å²) in [5.41, 5.74) is 2.68. The number of ether oxygens (including phenoxy) is 1. The third-order valence-corrected chi connectivity index (χ3v) is 6.17. The SMILES string of the molecule is CCOC(=O)CCC(=O)Nc1ccc(-c2csc(N(C)C3CCCCC3)n2)cc1. The molecule has 3 rings (SSSR count). The number of carbonyl (C=O) groups excluding carboxylic acids is 2. The van der Waals surface area contributed by atoms with Crippen molar-refractivity contribution in [2.24, 2.45) is 0 Å². The van der Waals surface area contributed by atoms with Gasteiger partial charge in [-0.1, -0.05) is 31.4 Å². The van der Waals surface area contributed by atoms with Crippen LogP contribution in [0.15, 0.2) is 29.6 Å². The molecule has 0 aliphatic heterocycles. The Bertz CT molecular complexity index is 813. The fourth-order valence-electron chi connectivity index (χ4n) is 3.58. The molecule has 1 aliphatic carbocycles. The monoisotopic (exact) mass is 415 g/mol. The molecular formula is C22H29N3O3S. The molecule has 0 spiro atoms. The second kappa shape index (κ2) is 10.4. The van der Waals surface area contributed by atoms with E-state index in [9.17, 15) is 9.59 Å². The molecule has 1 aromatic heterocycles. The van der Waals surface area contributed by atoms with Crippen molar-refractivity contribution in [1.29, 1.82) is 0 Å². The van der Waals surface area contributed by atoms with E-state index in [0.29, 0.717) is 18.3 Å². The number of nitrogens with one attached hydrogen (secondary N) is 1. The van der Waals surface area contributed by atoms with E-state index < -0.39 is 0 Å². The van der Waals surface area contributed by atoms with Gasteiger partial charge in [-0.15, -0.1) is 11.3 Å². The molecular weight excluding hydrogens is 386 g/mol. The predicted molar refractivity (Wildman–Crippen MR) is 117 cm³/mol. The number of hydrogen-bond donors (Lipinski definition) is 1. The lowest BCUT2D eigenvalue weighted by molar-refractivity contribution is -0.144. The van der Waals surface area contributed by atoms with Crippen molar-refractivity contribution >= 4 is 34.0 Å². The van der Waals surface area contributed by atoms with Crippen LogP contribution in [-0.2, 0) is 14.3 Å². The van der Waals surface area contributed by atoms with Gasteiger partial charge in [0.1, 0.15) is 0 Å². The van der Waals surface area contributed by atoms with Crippen LogP contribution in [0, 0.1) is 0 Å². The summed E-state index contributed by atoms with van der Waals surface area (Å²) in [6, 6.07) is 8.24. The van der Waals surface area contributed by atoms with E-state index in [1.165, 1.54) is 32.1 Å². The van der Waals surface area contributed by atoms with Crippen LogP contribution in [0.1, 0.15) is 51.9 Å². The Morgan fingerprint density at radius 1 is 1.17 bits per heavy atom. The quantitative estimate of drug-likeness (QED) is 0.623. The van der Waals surface area contributed by atoms with Crippen molar-refractivity contribution in [2.45, 2.75) is 57.9 Å². The summed E-state index contributed by atoms with van der Waals surface area (Å²) >= 11 is 1.68. The molecule has 0 radical (unpaired) electrons. The Morgan fingerprint density at radius 3 is 2.59 bits per heavy atom. The van der Waals surface area contributed by atoms with Gasteiger partial charge in [-0.25, -0.2) is 4.98 Å². The van der Waals surface area contributed by atoms with Gasteiger partial charge in [-0.05, 0) is 31.9 Å². The van der Waals surface area contributed by atoms with Gasteiger partial charge in [-0.2, -0.15) is 0 Å². The third kappa shape index (κ3) is 6.03. The van der Waals surface area contributed by atoms with Crippen molar-refractivity contribution in [3.05, 3.63) is 29.6 Å². The van der Waals surface area contributed by atoms with Gasteiger partial charge >= 0.3 is 5.97 Å². The number of rotatable bonds is 8. The number of anilines is 2. The van der Waals surface area contributed by atoms with E-state index in [0.717, 1.165) is 16.4 Å². The van der Waals surface area contributed by atoms with Crippen molar-refractivity contribution in [2.75, 3.05) is 23.9 Å². The molecule has 1 fully saturated rings. The Labute approximate surface area is 176 Å². The Hall–Kier alpha value is -2.41. The van der Waals surface area contributed by atoms with Crippen LogP contribution >= 0.6 is 11.3 Å². The molecule has 1 aromatic carbocycles. The van der Waals surface area contributed by atoms with Crippen LogP contribution in [0.4, 0.5) is 10.8 Å². The minimum atomic E-state index is -0.351. The maximum atomic E-state index is 12.0. The summed E-state index contributed by atoms with van der Waals surface area (Å²) in [5.74, 6) is -0.550. The maximum absolute atomic E-state index is 12.0. The van der Waals surface area contributed by atoms with Crippen LogP contribution in [0.25, 0.3) is 11.3 Å². The van der Waals surface area contributed by atoms with Gasteiger partial charge in [0, 0.05) is 36.1 Å². The molecule has 1 amide bonds. The number of carbonyl (C=O) groups is 2. The summed E-state index contributed by atoms with van der Waals surface area (Å²) < 4.78 is 4.84. The molecule has 29 heavy (non-hydrogen) atoms. The number of amides is 1. The fourth-order valence-corrected chi connectivity index (χ4v) is 4.45. The number of esters is 1. The van der Waals surface area contributed by atoms with Crippen molar-refractivity contribution in [3.63, 3.8) is 0 Å². The molecule has 0 bridgehead atoms. The zero-order chi connectivity index (χ0) is 20.6. The highest BCUT2D eigenvalue weighted by Gasteiger charge is 2.20. The molecule has 7 heteroatoms. The Kier molecular flexibility index (Phi) is 7.63. The van der Waals surface area contributed by atoms with Gasteiger partial charge in [0.2, 0.25) is 5.91 Å². The van der Waals surface area contributed by atoms with Crippen molar-refractivity contribution in [1.82, 2.24) is 4.98 Å². The van der Waals surface area contributed by atoms with Crippen LogP contribution in [0.5, 0.6) is 0 Å². The average Bonchev–Trinajstić information content (AvgIpc) is 3.23. The average molecular weight is 416 g/mol. The number of aromatic nitrogens is 1. The summed E-state index contributed by atoms with van der Waals surface area (Å²) in [4.78, 5) is 30.5. The van der Waals surface area contributed by atoms with E-state index in [1.807, 2.05) is 24.3 Å². The van der Waals surface area contributed by atoms with E-state index >= 15 is 0 Å². The molecule has 1 heterocycles. The first-order chi connectivity index (χ1) is 14.1. The van der Waals surface area contributed by atoms with Crippen LogP contribution in [-0.4, -0.2) is 36.6 Å². The number of benzene rings is 1. The first-order valence-corrected chi connectivity index (χ1v) is 11.2. The highest BCUT2D eigenvalue weighted by molar-refractivity contribution is 7.14. The van der Waals surface area contributed by atoms with Gasteiger partial charge in [-0.3, -0.25) is 9.59 Å². The zero-order valence-corrected chi connectivity index (χ0v) is 18.0. The summed E-state index contributed by atoms with van der Waals surface area (Å²) in [7, 11) is 2.15. The smallest absolute Gasteiger partial charge is 0.306 e. The molecule has 1 saturated carbocycles. The standard InChI is InChI=1S/C22H29N3O3S/c1-3-28-21(27)14-13-20(26)23-17-11-9-16(10-12-17)19-15-29-22(24-19)25(2)18-7-5-4-6-8-18/h9-12,15,18H,3-8,13-14H2,1-2H3,(H,23,26). The summed E-state index contributed by atoms with van der Waals surface area (Å²) in [5, 5.41) is 5.96. The highest BCUT2D eigenvalue weighted by Crippen LogP contribution is 2.31.